The standard InChI is InChI=1S/C15H10ClN3O2/c16-11-4-1-3-10(9-11)14-12(5-6-13(20)21)15-17-7-2-8-19(15)18-14/h1-9H,(H,20,21)/b6-5+. The summed E-state index contributed by atoms with van der Waals surface area (Å²) in [7, 11) is 0. The molecule has 0 aliphatic rings. The summed E-state index contributed by atoms with van der Waals surface area (Å²) < 4.78 is 1.61. The Balaban J connectivity index is 2.26. The highest BCUT2D eigenvalue weighted by Gasteiger charge is 2.13. The van der Waals surface area contributed by atoms with Gasteiger partial charge < -0.3 is 5.11 Å². The van der Waals surface area contributed by atoms with Gasteiger partial charge in [-0.25, -0.2) is 14.3 Å². The Kier molecular flexibility index (Phi) is 3.41. The minimum absolute atomic E-state index is 0.588. The van der Waals surface area contributed by atoms with Crippen molar-refractivity contribution in [2.75, 3.05) is 0 Å². The van der Waals surface area contributed by atoms with Crippen molar-refractivity contribution >= 4 is 29.3 Å². The lowest BCUT2D eigenvalue weighted by Gasteiger charge is -1.99. The molecule has 0 aliphatic carbocycles. The van der Waals surface area contributed by atoms with Crippen LogP contribution in [0.2, 0.25) is 5.02 Å². The highest BCUT2D eigenvalue weighted by molar-refractivity contribution is 6.30. The van der Waals surface area contributed by atoms with E-state index in [1.807, 2.05) is 12.1 Å². The number of carboxylic acid groups (broad SMARTS) is 1. The van der Waals surface area contributed by atoms with Crippen molar-refractivity contribution in [3.63, 3.8) is 0 Å². The second kappa shape index (κ2) is 5.38. The summed E-state index contributed by atoms with van der Waals surface area (Å²) in [6.07, 6.45) is 5.96. The average molecular weight is 300 g/mol. The molecule has 0 bridgehead atoms. The monoisotopic (exact) mass is 299 g/mol. The number of rotatable bonds is 3. The largest absolute Gasteiger partial charge is 0.478 e. The zero-order chi connectivity index (χ0) is 14.8. The number of fused-ring (bicyclic) bond motifs is 1. The summed E-state index contributed by atoms with van der Waals surface area (Å²) in [5.74, 6) is -1.03. The van der Waals surface area contributed by atoms with E-state index in [9.17, 15) is 4.79 Å². The van der Waals surface area contributed by atoms with E-state index in [2.05, 4.69) is 10.1 Å². The van der Waals surface area contributed by atoms with Crippen molar-refractivity contribution < 1.29 is 9.90 Å². The van der Waals surface area contributed by atoms with Gasteiger partial charge in [-0.2, -0.15) is 5.10 Å². The number of halogens is 1. The van der Waals surface area contributed by atoms with Crippen LogP contribution < -0.4 is 0 Å². The molecule has 5 nitrogen and oxygen atoms in total. The number of aliphatic carboxylic acids is 1. The van der Waals surface area contributed by atoms with Crippen LogP contribution in [0.3, 0.4) is 0 Å². The summed E-state index contributed by atoms with van der Waals surface area (Å²) >= 11 is 6.01. The normalized spacial score (nSPS) is 11.3. The predicted octanol–water partition coefficient (Wildman–Crippen LogP) is 3.15. The number of benzene rings is 1. The van der Waals surface area contributed by atoms with Gasteiger partial charge in [-0.15, -0.1) is 0 Å². The molecule has 0 fully saturated rings. The van der Waals surface area contributed by atoms with Crippen LogP contribution in [0.5, 0.6) is 0 Å². The predicted molar refractivity (Wildman–Crippen MR) is 80.1 cm³/mol. The summed E-state index contributed by atoms with van der Waals surface area (Å²) in [6, 6.07) is 8.99. The van der Waals surface area contributed by atoms with Crippen LogP contribution in [-0.2, 0) is 4.79 Å². The van der Waals surface area contributed by atoms with Crippen molar-refractivity contribution in [2.24, 2.45) is 0 Å². The quantitative estimate of drug-likeness (QED) is 0.754. The average Bonchev–Trinajstić information content (AvgIpc) is 2.84. The van der Waals surface area contributed by atoms with Crippen LogP contribution in [0.25, 0.3) is 23.0 Å². The number of aromatic nitrogens is 3. The number of hydrogen-bond acceptors (Lipinski definition) is 3. The van der Waals surface area contributed by atoms with Gasteiger partial charge in [-0.05, 0) is 24.3 Å². The molecule has 0 saturated carbocycles. The van der Waals surface area contributed by atoms with Gasteiger partial charge in [0.1, 0.15) is 5.69 Å². The number of carbonyl (C=O) groups is 1. The molecule has 0 spiro atoms. The molecule has 0 unspecified atom stereocenters. The van der Waals surface area contributed by atoms with Gasteiger partial charge in [0, 0.05) is 34.6 Å². The molecule has 6 heteroatoms. The molecule has 0 atom stereocenters. The molecule has 1 N–H and O–H groups in total. The van der Waals surface area contributed by atoms with Gasteiger partial charge in [0.2, 0.25) is 0 Å². The summed E-state index contributed by atoms with van der Waals surface area (Å²) in [5, 5.41) is 13.9. The Morgan fingerprint density at radius 3 is 2.95 bits per heavy atom. The van der Waals surface area contributed by atoms with Crippen molar-refractivity contribution in [3.8, 4) is 11.3 Å². The van der Waals surface area contributed by atoms with E-state index in [0.29, 0.717) is 21.9 Å². The maximum Gasteiger partial charge on any atom is 0.328 e. The highest BCUT2D eigenvalue weighted by atomic mass is 35.5. The molecule has 104 valence electrons. The molecule has 3 aromatic rings. The van der Waals surface area contributed by atoms with Gasteiger partial charge in [-0.1, -0.05) is 23.7 Å². The third-order valence-electron chi connectivity index (χ3n) is 2.92. The van der Waals surface area contributed by atoms with Gasteiger partial charge in [0.05, 0.1) is 0 Å². The molecule has 1 aromatic carbocycles. The number of hydrogen-bond donors (Lipinski definition) is 1. The van der Waals surface area contributed by atoms with E-state index in [1.165, 1.54) is 6.08 Å². The second-order valence-electron chi connectivity index (χ2n) is 4.33. The van der Waals surface area contributed by atoms with Gasteiger partial charge in [0.25, 0.3) is 0 Å². The second-order valence-corrected chi connectivity index (χ2v) is 4.77. The molecule has 2 aromatic heterocycles. The summed E-state index contributed by atoms with van der Waals surface area (Å²) in [5.41, 5.74) is 2.66. The topological polar surface area (TPSA) is 67.5 Å². The minimum atomic E-state index is -1.03. The summed E-state index contributed by atoms with van der Waals surface area (Å²) in [6.45, 7) is 0. The van der Waals surface area contributed by atoms with Gasteiger partial charge in [0.15, 0.2) is 5.65 Å². The highest BCUT2D eigenvalue weighted by Crippen LogP contribution is 2.28. The maximum atomic E-state index is 10.8. The van der Waals surface area contributed by atoms with Crippen LogP contribution in [0.4, 0.5) is 0 Å². The first-order valence-electron chi connectivity index (χ1n) is 6.15. The molecule has 0 saturated heterocycles. The maximum absolute atomic E-state index is 10.8. The Morgan fingerprint density at radius 2 is 2.19 bits per heavy atom. The molecule has 3 rings (SSSR count). The molecular formula is C15H10ClN3O2. The van der Waals surface area contributed by atoms with Gasteiger partial charge >= 0.3 is 5.97 Å². The fourth-order valence-electron chi connectivity index (χ4n) is 2.06. The lowest BCUT2D eigenvalue weighted by atomic mass is 10.1. The third kappa shape index (κ3) is 2.64. The molecule has 0 radical (unpaired) electrons. The zero-order valence-electron chi connectivity index (χ0n) is 10.8. The van der Waals surface area contributed by atoms with Crippen molar-refractivity contribution in [3.05, 3.63) is 59.4 Å². The fraction of sp³-hybridized carbons (Fsp3) is 0. The smallest absolute Gasteiger partial charge is 0.328 e. The van der Waals surface area contributed by atoms with Crippen LogP contribution in [-0.4, -0.2) is 25.7 Å². The number of nitrogens with zero attached hydrogens (tertiary/aromatic N) is 3. The van der Waals surface area contributed by atoms with E-state index < -0.39 is 5.97 Å². The van der Waals surface area contributed by atoms with Crippen LogP contribution in [0.1, 0.15) is 5.56 Å². The molecule has 0 aliphatic heterocycles. The van der Waals surface area contributed by atoms with Crippen LogP contribution in [0.15, 0.2) is 48.8 Å². The first-order valence-corrected chi connectivity index (χ1v) is 6.53. The molecule has 2 heterocycles. The Hall–Kier alpha value is -2.66. The first-order chi connectivity index (χ1) is 10.1. The Bertz CT molecular complexity index is 855. The van der Waals surface area contributed by atoms with E-state index in [4.69, 9.17) is 16.7 Å². The minimum Gasteiger partial charge on any atom is -0.478 e. The lowest BCUT2D eigenvalue weighted by molar-refractivity contribution is -0.131. The van der Waals surface area contributed by atoms with E-state index in [-0.39, 0.29) is 0 Å². The van der Waals surface area contributed by atoms with E-state index in [1.54, 1.807) is 35.1 Å². The summed E-state index contributed by atoms with van der Waals surface area (Å²) in [4.78, 5) is 15.0. The Morgan fingerprint density at radius 1 is 1.33 bits per heavy atom. The van der Waals surface area contributed by atoms with Crippen LogP contribution in [0, 0.1) is 0 Å². The SMILES string of the molecule is O=C(O)/C=C/c1c(-c2cccc(Cl)c2)nn2cccnc12. The Labute approximate surface area is 125 Å². The fourth-order valence-corrected chi connectivity index (χ4v) is 2.25. The van der Waals surface area contributed by atoms with Crippen molar-refractivity contribution in [2.45, 2.75) is 0 Å². The van der Waals surface area contributed by atoms with Gasteiger partial charge in [-0.3, -0.25) is 0 Å². The first kappa shape index (κ1) is 13.3. The number of carboxylic acids is 1. The molecular weight excluding hydrogens is 290 g/mol. The molecule has 21 heavy (non-hydrogen) atoms. The zero-order valence-corrected chi connectivity index (χ0v) is 11.5. The lowest BCUT2D eigenvalue weighted by Crippen LogP contribution is -1.88. The molecule has 0 amide bonds. The van der Waals surface area contributed by atoms with Crippen molar-refractivity contribution in [1.82, 2.24) is 14.6 Å². The van der Waals surface area contributed by atoms with Crippen molar-refractivity contribution in [1.29, 1.82) is 0 Å². The van der Waals surface area contributed by atoms with E-state index >= 15 is 0 Å². The van der Waals surface area contributed by atoms with Crippen LogP contribution >= 0.6 is 11.6 Å². The van der Waals surface area contributed by atoms with E-state index in [0.717, 1.165) is 11.6 Å². The third-order valence-corrected chi connectivity index (χ3v) is 3.16.